The summed E-state index contributed by atoms with van der Waals surface area (Å²) in [4.78, 5) is 13.8. The summed E-state index contributed by atoms with van der Waals surface area (Å²) in [7, 11) is 6.41. The number of rotatable bonds is 4. The first-order valence-electron chi connectivity index (χ1n) is 5.86. The molecule has 0 aromatic heterocycles. The lowest BCUT2D eigenvalue weighted by Crippen LogP contribution is -2.40. The Kier molecular flexibility index (Phi) is 5.35. The molecular weight excluding hydrogens is 300 g/mol. The first kappa shape index (κ1) is 14.6. The van der Waals surface area contributed by atoms with Crippen molar-refractivity contribution in [3.8, 4) is 0 Å². The van der Waals surface area contributed by atoms with Crippen LogP contribution in [0.5, 0.6) is 0 Å². The Morgan fingerprint density at radius 3 is 3.00 bits per heavy atom. The van der Waals surface area contributed by atoms with E-state index in [-0.39, 0.29) is 13.3 Å². The number of carbonyl (C=O) groups is 1. The Morgan fingerprint density at radius 1 is 1.56 bits per heavy atom. The molecule has 0 aliphatic carbocycles. The molecule has 2 rings (SSSR count). The van der Waals surface area contributed by atoms with Crippen molar-refractivity contribution in [1.82, 2.24) is 4.90 Å². The average molecular weight is 318 g/mol. The fourth-order valence-electron chi connectivity index (χ4n) is 2.06. The molecule has 0 saturated carbocycles. The standard InChI is InChI=1S/C11H18N2OP4/c1-2-6-13-7-8-9(12-11(13)14)4-3-5-10(8)18(16)17-15/h3-5,17H,2,6-7,15-16H2,1H3,(H,12,14). The zero-order valence-electron chi connectivity index (χ0n) is 10.3. The van der Waals surface area contributed by atoms with Gasteiger partial charge >= 0.3 is 6.03 Å². The van der Waals surface area contributed by atoms with E-state index >= 15 is 0 Å². The molecule has 0 radical (unpaired) electrons. The van der Waals surface area contributed by atoms with Gasteiger partial charge in [0.1, 0.15) is 0 Å². The molecule has 1 aliphatic rings. The molecule has 0 spiro atoms. The van der Waals surface area contributed by atoms with Gasteiger partial charge in [-0.15, -0.1) is 17.9 Å². The van der Waals surface area contributed by atoms with E-state index in [0.717, 1.165) is 33.2 Å². The van der Waals surface area contributed by atoms with Gasteiger partial charge in [0, 0.05) is 17.8 Å². The Balaban J connectivity index is 2.35. The highest BCUT2D eigenvalue weighted by Crippen LogP contribution is 2.65. The van der Waals surface area contributed by atoms with Crippen LogP contribution in [0.4, 0.5) is 10.5 Å². The van der Waals surface area contributed by atoms with Gasteiger partial charge < -0.3 is 10.2 Å². The van der Waals surface area contributed by atoms with Crippen LogP contribution in [0, 0.1) is 0 Å². The SMILES string of the molecule is CCCN1Cc2c(cccc2P(P)PP)NC1=O. The van der Waals surface area contributed by atoms with Crippen LogP contribution < -0.4 is 10.6 Å². The minimum atomic E-state index is -0.201. The number of urea groups is 1. The molecule has 1 aromatic rings. The van der Waals surface area contributed by atoms with Crippen molar-refractivity contribution in [2.24, 2.45) is 0 Å². The van der Waals surface area contributed by atoms with Crippen molar-refractivity contribution in [3.63, 3.8) is 0 Å². The summed E-state index contributed by atoms with van der Waals surface area (Å²) in [5, 5.41) is 4.39. The summed E-state index contributed by atoms with van der Waals surface area (Å²) in [6.45, 7) is 3.66. The summed E-state index contributed by atoms with van der Waals surface area (Å²) < 4.78 is 0. The monoisotopic (exact) mass is 318 g/mol. The van der Waals surface area contributed by atoms with Crippen LogP contribution in [-0.4, -0.2) is 17.5 Å². The number of amides is 2. The van der Waals surface area contributed by atoms with E-state index in [9.17, 15) is 4.79 Å². The molecule has 3 nitrogen and oxygen atoms in total. The number of hydrogen-bond acceptors (Lipinski definition) is 1. The third-order valence-corrected chi connectivity index (χ3v) is 13.1. The van der Waals surface area contributed by atoms with Gasteiger partial charge in [-0.25, -0.2) is 4.79 Å². The normalized spacial score (nSPS) is 16.8. The van der Waals surface area contributed by atoms with Crippen LogP contribution in [-0.2, 0) is 6.54 Å². The third-order valence-electron chi connectivity index (χ3n) is 2.92. The second-order valence-electron chi connectivity index (χ2n) is 4.15. The first-order chi connectivity index (χ1) is 8.67. The molecule has 4 unspecified atom stereocenters. The van der Waals surface area contributed by atoms with Crippen LogP contribution >= 0.6 is 33.1 Å². The van der Waals surface area contributed by atoms with E-state index < -0.39 is 0 Å². The van der Waals surface area contributed by atoms with Gasteiger partial charge in [-0.2, -0.15) is 0 Å². The summed E-state index contributed by atoms with van der Waals surface area (Å²) >= 11 is 0. The van der Waals surface area contributed by atoms with Gasteiger partial charge in [0.05, 0.1) is 6.54 Å². The lowest BCUT2D eigenvalue weighted by Gasteiger charge is -2.31. The number of anilines is 1. The molecule has 0 bridgehead atoms. The fourth-order valence-corrected chi connectivity index (χ4v) is 5.95. The zero-order chi connectivity index (χ0) is 13.1. The topological polar surface area (TPSA) is 32.3 Å². The van der Waals surface area contributed by atoms with Crippen molar-refractivity contribution < 1.29 is 4.79 Å². The highest BCUT2D eigenvalue weighted by Gasteiger charge is 2.24. The van der Waals surface area contributed by atoms with Gasteiger partial charge in [-0.05, 0) is 25.1 Å². The Labute approximate surface area is 115 Å². The van der Waals surface area contributed by atoms with Crippen LogP contribution in [0.2, 0.25) is 0 Å². The molecule has 1 aromatic carbocycles. The van der Waals surface area contributed by atoms with E-state index in [4.69, 9.17) is 0 Å². The van der Waals surface area contributed by atoms with Gasteiger partial charge in [-0.3, -0.25) is 0 Å². The van der Waals surface area contributed by atoms with Gasteiger partial charge in [-0.1, -0.05) is 27.0 Å². The van der Waals surface area contributed by atoms with Gasteiger partial charge in [0.15, 0.2) is 0 Å². The quantitative estimate of drug-likeness (QED) is 0.843. The number of benzene rings is 1. The summed E-state index contributed by atoms with van der Waals surface area (Å²) in [6.07, 6.45) is 0.992. The Bertz CT molecular complexity index is 455. The molecule has 2 amide bonds. The largest absolute Gasteiger partial charge is 0.322 e. The predicted molar refractivity (Wildman–Crippen MR) is 90.5 cm³/mol. The van der Waals surface area contributed by atoms with Crippen molar-refractivity contribution in [3.05, 3.63) is 23.8 Å². The van der Waals surface area contributed by atoms with Gasteiger partial charge in [0.2, 0.25) is 0 Å². The predicted octanol–water partition coefficient (Wildman–Crippen LogP) is 3.73. The average Bonchev–Trinajstić information content (AvgIpc) is 2.38. The minimum absolute atomic E-state index is 0.0305. The maximum Gasteiger partial charge on any atom is 0.322 e. The molecule has 1 heterocycles. The minimum Gasteiger partial charge on any atom is -0.320 e. The highest BCUT2D eigenvalue weighted by atomic mass is 32.6. The van der Waals surface area contributed by atoms with Crippen LogP contribution in [0.25, 0.3) is 0 Å². The summed E-state index contributed by atoms with van der Waals surface area (Å²) in [6, 6.07) is 6.26. The van der Waals surface area contributed by atoms with Gasteiger partial charge in [0.25, 0.3) is 0 Å². The smallest absolute Gasteiger partial charge is 0.320 e. The number of fused-ring (bicyclic) bond motifs is 1. The molecule has 0 fully saturated rings. The highest BCUT2D eigenvalue weighted by molar-refractivity contribution is 8.63. The fraction of sp³-hybridized carbons (Fsp3) is 0.364. The second-order valence-corrected chi connectivity index (χ2v) is 13.3. The molecule has 1 aliphatic heterocycles. The van der Waals surface area contributed by atoms with E-state index in [0.29, 0.717) is 0 Å². The molecule has 7 heteroatoms. The van der Waals surface area contributed by atoms with Crippen LogP contribution in [0.15, 0.2) is 18.2 Å². The number of hydrogen-bond donors (Lipinski definition) is 1. The third kappa shape index (κ3) is 3.02. The summed E-state index contributed by atoms with van der Waals surface area (Å²) in [5.41, 5.74) is 2.28. The Morgan fingerprint density at radius 2 is 2.33 bits per heavy atom. The molecular formula is C11H18N2OP4. The lowest BCUT2D eigenvalue weighted by atomic mass is 10.1. The Hall–Kier alpha value is 0.210. The lowest BCUT2D eigenvalue weighted by molar-refractivity contribution is 0.207. The number of nitrogens with zero attached hydrogens (tertiary/aromatic N) is 1. The maximum absolute atomic E-state index is 11.9. The second kappa shape index (κ2) is 6.58. The molecule has 4 atom stereocenters. The number of nitrogens with one attached hydrogen (secondary N) is 1. The van der Waals surface area contributed by atoms with Crippen molar-refractivity contribution in [2.45, 2.75) is 19.9 Å². The van der Waals surface area contributed by atoms with Crippen LogP contribution in [0.1, 0.15) is 18.9 Å². The van der Waals surface area contributed by atoms with E-state index in [1.807, 2.05) is 17.0 Å². The first-order valence-corrected chi connectivity index (χ1v) is 12.5. The number of carbonyl (C=O) groups excluding carboxylic acids is 1. The van der Waals surface area contributed by atoms with Crippen molar-refractivity contribution in [2.75, 3.05) is 11.9 Å². The van der Waals surface area contributed by atoms with Crippen LogP contribution in [0.3, 0.4) is 0 Å². The van der Waals surface area contributed by atoms with Crippen molar-refractivity contribution in [1.29, 1.82) is 0 Å². The molecule has 0 saturated heterocycles. The van der Waals surface area contributed by atoms with E-state index in [2.05, 4.69) is 36.2 Å². The zero-order valence-corrected chi connectivity index (χ0v) is 14.5. The van der Waals surface area contributed by atoms with Crippen molar-refractivity contribution >= 4 is 50.1 Å². The molecule has 98 valence electrons. The maximum atomic E-state index is 11.9. The van der Waals surface area contributed by atoms with E-state index in [1.54, 1.807) is 0 Å². The van der Waals surface area contributed by atoms with E-state index in [1.165, 1.54) is 10.9 Å². The molecule has 1 N–H and O–H groups in total. The summed E-state index contributed by atoms with van der Waals surface area (Å²) in [5.74, 6) is 0. The molecule has 18 heavy (non-hydrogen) atoms.